The highest BCUT2D eigenvalue weighted by Crippen LogP contribution is 2.38. The van der Waals surface area contributed by atoms with Crippen LogP contribution in [0, 0.1) is 5.82 Å². The number of ether oxygens (including phenoxy) is 1. The summed E-state index contributed by atoms with van der Waals surface area (Å²) in [7, 11) is 0. The summed E-state index contributed by atoms with van der Waals surface area (Å²) in [6.45, 7) is 4.76. The van der Waals surface area contributed by atoms with Gasteiger partial charge in [0, 0.05) is 18.2 Å². The van der Waals surface area contributed by atoms with E-state index in [9.17, 15) is 14.0 Å². The number of halogens is 2. The van der Waals surface area contributed by atoms with Crippen molar-refractivity contribution in [3.8, 4) is 0 Å². The van der Waals surface area contributed by atoms with Gasteiger partial charge in [-0.25, -0.2) is 4.39 Å². The molecule has 1 amide bonds. The molecule has 0 fully saturated rings. The second kappa shape index (κ2) is 8.20. The van der Waals surface area contributed by atoms with Gasteiger partial charge < -0.3 is 14.1 Å². The number of amides is 1. The monoisotopic (exact) mass is 429 g/mol. The Labute approximate surface area is 178 Å². The lowest BCUT2D eigenvalue weighted by Gasteiger charge is -2.25. The lowest BCUT2D eigenvalue weighted by Crippen LogP contribution is -2.31. The SMILES string of the molecule is CC(C)OCCCN1C(=O)c2oc3ccc(F)cc3c(=O)c2[C@@H]1c1ccc(Cl)cc1. The Morgan fingerprint density at radius 3 is 2.60 bits per heavy atom. The molecule has 0 unspecified atom stereocenters. The maximum atomic E-state index is 13.8. The molecule has 0 aliphatic carbocycles. The van der Waals surface area contributed by atoms with Crippen LogP contribution in [0.25, 0.3) is 11.0 Å². The smallest absolute Gasteiger partial charge is 0.290 e. The van der Waals surface area contributed by atoms with Crippen molar-refractivity contribution in [1.82, 2.24) is 4.90 Å². The maximum Gasteiger partial charge on any atom is 0.290 e. The van der Waals surface area contributed by atoms with E-state index in [2.05, 4.69) is 0 Å². The molecule has 3 aromatic rings. The predicted octanol–water partition coefficient (Wildman–Crippen LogP) is 4.95. The van der Waals surface area contributed by atoms with Gasteiger partial charge in [-0.2, -0.15) is 0 Å². The van der Waals surface area contributed by atoms with Gasteiger partial charge in [0.05, 0.1) is 23.1 Å². The zero-order chi connectivity index (χ0) is 21.4. The second-order valence-electron chi connectivity index (χ2n) is 7.54. The molecule has 0 saturated heterocycles. The van der Waals surface area contributed by atoms with Crippen LogP contribution >= 0.6 is 11.6 Å². The summed E-state index contributed by atoms with van der Waals surface area (Å²) in [4.78, 5) is 28.1. The van der Waals surface area contributed by atoms with Crippen molar-refractivity contribution in [2.45, 2.75) is 32.4 Å². The fourth-order valence-corrected chi connectivity index (χ4v) is 3.89. The van der Waals surface area contributed by atoms with E-state index in [1.807, 2.05) is 13.8 Å². The molecule has 2 heterocycles. The molecule has 30 heavy (non-hydrogen) atoms. The van der Waals surface area contributed by atoms with Crippen LogP contribution in [0.15, 0.2) is 51.7 Å². The third kappa shape index (κ3) is 3.73. The predicted molar refractivity (Wildman–Crippen MR) is 112 cm³/mol. The molecule has 0 saturated carbocycles. The van der Waals surface area contributed by atoms with Crippen LogP contribution in [0.3, 0.4) is 0 Å². The van der Waals surface area contributed by atoms with Crippen LogP contribution < -0.4 is 5.43 Å². The second-order valence-corrected chi connectivity index (χ2v) is 7.98. The van der Waals surface area contributed by atoms with Crippen molar-refractivity contribution in [3.63, 3.8) is 0 Å². The van der Waals surface area contributed by atoms with Crippen LogP contribution in [0.2, 0.25) is 5.02 Å². The largest absolute Gasteiger partial charge is 0.450 e. The standard InChI is InChI=1S/C23H21ClFNO4/c1-13(2)29-11-3-10-26-20(14-4-6-15(24)7-5-14)19-21(27)17-12-16(25)8-9-18(17)30-22(19)23(26)28/h4-9,12-13,20H,3,10-11H2,1-2H3/t20-/m0/s1. The summed E-state index contributed by atoms with van der Waals surface area (Å²) < 4.78 is 25.1. The fraction of sp³-hybridized carbons (Fsp3) is 0.304. The normalized spacial score (nSPS) is 16.0. The van der Waals surface area contributed by atoms with E-state index in [4.69, 9.17) is 20.8 Å². The Kier molecular flexibility index (Phi) is 5.62. The van der Waals surface area contributed by atoms with E-state index in [1.54, 1.807) is 29.2 Å². The van der Waals surface area contributed by atoms with E-state index >= 15 is 0 Å². The zero-order valence-electron chi connectivity index (χ0n) is 16.7. The Balaban J connectivity index is 1.81. The first-order chi connectivity index (χ1) is 14.4. The lowest BCUT2D eigenvalue weighted by molar-refractivity contribution is 0.0593. The van der Waals surface area contributed by atoms with Crippen molar-refractivity contribution >= 4 is 28.5 Å². The van der Waals surface area contributed by atoms with Crippen molar-refractivity contribution in [2.75, 3.05) is 13.2 Å². The van der Waals surface area contributed by atoms with Crippen LogP contribution in [0.5, 0.6) is 0 Å². The number of carbonyl (C=O) groups is 1. The average Bonchev–Trinajstić information content (AvgIpc) is 2.99. The maximum absolute atomic E-state index is 13.8. The zero-order valence-corrected chi connectivity index (χ0v) is 17.4. The Morgan fingerprint density at radius 2 is 1.90 bits per heavy atom. The van der Waals surface area contributed by atoms with Crippen LogP contribution in [-0.2, 0) is 4.74 Å². The first kappa shape index (κ1) is 20.6. The van der Waals surface area contributed by atoms with Crippen LogP contribution in [0.4, 0.5) is 4.39 Å². The van der Waals surface area contributed by atoms with Gasteiger partial charge >= 0.3 is 0 Å². The number of benzene rings is 2. The number of carbonyl (C=O) groups excluding carboxylic acids is 1. The molecule has 1 aliphatic rings. The third-order valence-corrected chi connectivity index (χ3v) is 5.36. The molecule has 2 aromatic carbocycles. The van der Waals surface area contributed by atoms with Crippen molar-refractivity contribution in [2.24, 2.45) is 0 Å². The summed E-state index contributed by atoms with van der Waals surface area (Å²) in [5.74, 6) is -0.897. The minimum atomic E-state index is -0.632. The van der Waals surface area contributed by atoms with Gasteiger partial charge in [0.15, 0.2) is 5.43 Å². The molecular formula is C23H21ClFNO4. The topological polar surface area (TPSA) is 59.8 Å². The molecule has 5 nitrogen and oxygen atoms in total. The van der Waals surface area contributed by atoms with E-state index in [-0.39, 0.29) is 34.3 Å². The minimum Gasteiger partial charge on any atom is -0.450 e. The number of rotatable bonds is 6. The Morgan fingerprint density at radius 1 is 1.17 bits per heavy atom. The van der Waals surface area contributed by atoms with Crippen LogP contribution in [0.1, 0.15) is 48.0 Å². The number of hydrogen-bond donors (Lipinski definition) is 0. The van der Waals surface area contributed by atoms with E-state index in [1.165, 1.54) is 12.1 Å². The van der Waals surface area contributed by atoms with Gasteiger partial charge in [0.2, 0.25) is 5.76 Å². The number of nitrogens with zero attached hydrogens (tertiary/aromatic N) is 1. The summed E-state index contributed by atoms with van der Waals surface area (Å²) in [6.07, 6.45) is 0.691. The molecule has 1 aromatic heterocycles. The molecule has 4 rings (SSSR count). The Bertz CT molecular complexity index is 1160. The highest BCUT2D eigenvalue weighted by molar-refractivity contribution is 6.30. The molecule has 0 bridgehead atoms. The number of hydrogen-bond acceptors (Lipinski definition) is 4. The molecule has 0 spiro atoms. The van der Waals surface area contributed by atoms with Gasteiger partial charge in [-0.05, 0) is 56.2 Å². The fourth-order valence-electron chi connectivity index (χ4n) is 3.77. The van der Waals surface area contributed by atoms with Crippen LogP contribution in [-0.4, -0.2) is 30.1 Å². The van der Waals surface area contributed by atoms with Crippen molar-refractivity contribution in [1.29, 1.82) is 0 Å². The quantitative estimate of drug-likeness (QED) is 0.520. The van der Waals surface area contributed by atoms with Crippen molar-refractivity contribution < 1.29 is 18.3 Å². The third-order valence-electron chi connectivity index (χ3n) is 5.11. The molecule has 1 atom stereocenters. The summed E-state index contributed by atoms with van der Waals surface area (Å²) in [6, 6.07) is 10.1. The molecular weight excluding hydrogens is 409 g/mol. The van der Waals surface area contributed by atoms with Gasteiger partial charge in [-0.1, -0.05) is 23.7 Å². The summed E-state index contributed by atoms with van der Waals surface area (Å²) in [5.41, 5.74) is 0.748. The lowest BCUT2D eigenvalue weighted by atomic mass is 9.98. The van der Waals surface area contributed by atoms with E-state index < -0.39 is 17.3 Å². The molecule has 0 N–H and O–H groups in total. The summed E-state index contributed by atoms with van der Waals surface area (Å²) in [5, 5.41) is 0.665. The minimum absolute atomic E-state index is 0.00355. The number of fused-ring (bicyclic) bond motifs is 2. The van der Waals surface area contributed by atoms with Gasteiger partial charge in [0.25, 0.3) is 5.91 Å². The van der Waals surface area contributed by atoms with Gasteiger partial charge in [-0.15, -0.1) is 0 Å². The molecule has 1 aliphatic heterocycles. The average molecular weight is 430 g/mol. The Hall–Kier alpha value is -2.70. The molecule has 0 radical (unpaired) electrons. The summed E-state index contributed by atoms with van der Waals surface area (Å²) >= 11 is 6.02. The van der Waals surface area contributed by atoms with E-state index in [0.29, 0.717) is 24.6 Å². The van der Waals surface area contributed by atoms with Crippen molar-refractivity contribution in [3.05, 3.63) is 80.4 Å². The highest BCUT2D eigenvalue weighted by atomic mass is 35.5. The first-order valence-electron chi connectivity index (χ1n) is 9.81. The van der Waals surface area contributed by atoms with Gasteiger partial charge in [-0.3, -0.25) is 9.59 Å². The molecule has 7 heteroatoms. The first-order valence-corrected chi connectivity index (χ1v) is 10.2. The van der Waals surface area contributed by atoms with E-state index in [0.717, 1.165) is 11.6 Å². The van der Waals surface area contributed by atoms with Gasteiger partial charge in [0.1, 0.15) is 11.4 Å². The highest BCUT2D eigenvalue weighted by Gasteiger charge is 2.42. The molecule has 156 valence electrons.